The number of thiophene rings is 1. The standard InChI is InChI=1S/C58H32N6OS/c59-33-37-30-35(57-60-56(34-12-2-1-3-13-34)61-58(62-57)36-23-29-53-45(31-36)41-16-7-11-21-52(41)66-53)22-26-46(37)64-47-18-8-4-14-39(47)42-25-27-49-54(55(42)64)43-17-5-9-19-48(43)63(49)38-24-28-51-44(32-38)40-15-6-10-20-50(40)65-51/h1-32H. The van der Waals surface area contributed by atoms with Crippen LogP contribution < -0.4 is 0 Å². The van der Waals surface area contributed by atoms with E-state index in [1.807, 2.05) is 60.7 Å². The smallest absolute Gasteiger partial charge is 0.164 e. The van der Waals surface area contributed by atoms with Crippen LogP contribution in [0.4, 0.5) is 0 Å². The third-order valence-electron chi connectivity index (χ3n) is 13.0. The van der Waals surface area contributed by atoms with Gasteiger partial charge in [-0.2, -0.15) is 5.26 Å². The fourth-order valence-corrected chi connectivity index (χ4v) is 11.2. The first-order valence-electron chi connectivity index (χ1n) is 21.8. The first-order chi connectivity index (χ1) is 32.7. The van der Waals surface area contributed by atoms with E-state index in [0.717, 1.165) is 93.6 Å². The average Bonchev–Trinajstić information content (AvgIpc) is 4.13. The second kappa shape index (κ2) is 14.1. The number of hydrogen-bond donors (Lipinski definition) is 0. The Morgan fingerprint density at radius 2 is 1.06 bits per heavy atom. The van der Waals surface area contributed by atoms with E-state index in [2.05, 4.69) is 149 Å². The van der Waals surface area contributed by atoms with Gasteiger partial charge in [0, 0.05) is 74.9 Å². The van der Waals surface area contributed by atoms with E-state index in [0.29, 0.717) is 23.0 Å². The summed E-state index contributed by atoms with van der Waals surface area (Å²) in [5.41, 5.74) is 10.7. The minimum absolute atomic E-state index is 0.493. The lowest BCUT2D eigenvalue weighted by Crippen LogP contribution is -2.02. The zero-order chi connectivity index (χ0) is 43.5. The summed E-state index contributed by atoms with van der Waals surface area (Å²) < 4.78 is 13.3. The maximum Gasteiger partial charge on any atom is 0.164 e. The summed E-state index contributed by atoms with van der Waals surface area (Å²) >= 11 is 1.78. The van der Waals surface area contributed by atoms with Gasteiger partial charge in [-0.05, 0) is 84.9 Å². The second-order valence-corrected chi connectivity index (χ2v) is 17.7. The van der Waals surface area contributed by atoms with Crippen LogP contribution in [-0.2, 0) is 0 Å². The van der Waals surface area contributed by atoms with E-state index in [1.165, 1.54) is 20.2 Å². The third kappa shape index (κ3) is 5.38. The highest BCUT2D eigenvalue weighted by atomic mass is 32.1. The highest BCUT2D eigenvalue weighted by molar-refractivity contribution is 7.25. The Hall–Kier alpha value is -8.90. The number of furan rings is 1. The highest BCUT2D eigenvalue weighted by Crippen LogP contribution is 2.44. The molecule has 0 aliphatic carbocycles. The Balaban J connectivity index is 0.983. The van der Waals surface area contributed by atoms with Crippen molar-refractivity contribution < 1.29 is 4.42 Å². The molecule has 0 amide bonds. The molecule has 0 saturated heterocycles. The molecule has 0 bridgehead atoms. The van der Waals surface area contributed by atoms with Crippen LogP contribution in [0.15, 0.2) is 199 Å². The van der Waals surface area contributed by atoms with Crippen LogP contribution in [0.5, 0.6) is 0 Å². The van der Waals surface area contributed by atoms with Gasteiger partial charge in [0.05, 0.1) is 33.3 Å². The SMILES string of the molecule is N#Cc1cc(-c2nc(-c3ccccc3)nc(-c3ccc4sc5ccccc5c4c3)n2)ccc1-n1c2ccccc2c2ccc3c(c4ccccc4n3-c3ccc4oc5ccccc5c4c3)c21. The lowest BCUT2D eigenvalue weighted by atomic mass is 10.1. The van der Waals surface area contributed by atoms with Gasteiger partial charge in [-0.1, -0.05) is 109 Å². The molecule has 14 rings (SSSR count). The van der Waals surface area contributed by atoms with Gasteiger partial charge in [-0.3, -0.25) is 0 Å². The van der Waals surface area contributed by atoms with Crippen molar-refractivity contribution in [2.45, 2.75) is 0 Å². The number of hydrogen-bond acceptors (Lipinski definition) is 6. The molecule has 0 fully saturated rings. The Morgan fingerprint density at radius 3 is 1.88 bits per heavy atom. The van der Waals surface area contributed by atoms with Crippen molar-refractivity contribution in [3.8, 4) is 51.6 Å². The zero-order valence-electron chi connectivity index (χ0n) is 35.0. The number of para-hydroxylation sites is 3. The van der Waals surface area contributed by atoms with Crippen LogP contribution in [0.3, 0.4) is 0 Å². The molecule has 0 radical (unpaired) electrons. The summed E-state index contributed by atoms with van der Waals surface area (Å²) in [5, 5.41) is 20.1. The number of aromatic nitrogens is 5. The van der Waals surface area contributed by atoms with Gasteiger partial charge in [0.2, 0.25) is 0 Å². The van der Waals surface area contributed by atoms with Crippen LogP contribution in [0, 0.1) is 11.3 Å². The Kier molecular flexibility index (Phi) is 7.79. The molecule has 306 valence electrons. The van der Waals surface area contributed by atoms with Crippen molar-refractivity contribution >= 4 is 97.1 Å². The molecule has 0 aliphatic rings. The first-order valence-corrected chi connectivity index (χ1v) is 22.6. The average molecular weight is 861 g/mol. The van der Waals surface area contributed by atoms with Crippen LogP contribution in [-0.4, -0.2) is 24.1 Å². The van der Waals surface area contributed by atoms with Crippen molar-refractivity contribution in [3.63, 3.8) is 0 Å². The molecule has 66 heavy (non-hydrogen) atoms. The summed E-state index contributed by atoms with van der Waals surface area (Å²) in [6.45, 7) is 0. The summed E-state index contributed by atoms with van der Waals surface area (Å²) in [4.78, 5) is 15.2. The Bertz CT molecular complexity index is 4380. The second-order valence-electron chi connectivity index (χ2n) is 16.7. The van der Waals surface area contributed by atoms with Crippen LogP contribution >= 0.6 is 11.3 Å². The van der Waals surface area contributed by atoms with E-state index >= 15 is 0 Å². The first kappa shape index (κ1) is 36.6. The van der Waals surface area contributed by atoms with Gasteiger partial charge >= 0.3 is 0 Å². The van der Waals surface area contributed by atoms with Gasteiger partial charge in [0.15, 0.2) is 17.5 Å². The minimum atomic E-state index is 0.493. The van der Waals surface area contributed by atoms with Crippen LogP contribution in [0.25, 0.3) is 131 Å². The predicted octanol–water partition coefficient (Wildman–Crippen LogP) is 15.2. The molecule has 7 nitrogen and oxygen atoms in total. The minimum Gasteiger partial charge on any atom is -0.456 e. The predicted molar refractivity (Wildman–Crippen MR) is 270 cm³/mol. The van der Waals surface area contributed by atoms with E-state index < -0.39 is 0 Å². The number of nitrogens with zero attached hydrogens (tertiary/aromatic N) is 6. The fraction of sp³-hybridized carbons (Fsp3) is 0. The maximum atomic E-state index is 11.1. The van der Waals surface area contributed by atoms with Gasteiger partial charge in [0.25, 0.3) is 0 Å². The van der Waals surface area contributed by atoms with Crippen molar-refractivity contribution in [2.24, 2.45) is 0 Å². The van der Waals surface area contributed by atoms with Gasteiger partial charge < -0.3 is 13.6 Å². The van der Waals surface area contributed by atoms with Gasteiger partial charge in [-0.15, -0.1) is 11.3 Å². The summed E-state index contributed by atoms with van der Waals surface area (Å²) in [5.74, 6) is 1.63. The Morgan fingerprint density at radius 1 is 0.424 bits per heavy atom. The summed E-state index contributed by atoms with van der Waals surface area (Å²) in [7, 11) is 0. The van der Waals surface area contributed by atoms with Crippen molar-refractivity contribution in [1.29, 1.82) is 5.26 Å². The van der Waals surface area contributed by atoms with E-state index in [4.69, 9.17) is 19.4 Å². The highest BCUT2D eigenvalue weighted by Gasteiger charge is 2.23. The zero-order valence-corrected chi connectivity index (χ0v) is 35.8. The molecule has 0 atom stereocenters. The number of nitriles is 1. The number of fused-ring (bicyclic) bond motifs is 13. The molecular weight excluding hydrogens is 829 g/mol. The van der Waals surface area contributed by atoms with Gasteiger partial charge in [0.1, 0.15) is 17.2 Å². The normalized spacial score (nSPS) is 11.9. The molecule has 9 aromatic carbocycles. The van der Waals surface area contributed by atoms with Crippen LogP contribution in [0.2, 0.25) is 0 Å². The molecule has 5 heterocycles. The summed E-state index contributed by atoms with van der Waals surface area (Å²) in [6, 6.07) is 69.7. The quantitative estimate of drug-likeness (QED) is 0.172. The van der Waals surface area contributed by atoms with Crippen molar-refractivity contribution in [1.82, 2.24) is 24.1 Å². The maximum absolute atomic E-state index is 11.1. The van der Waals surface area contributed by atoms with E-state index in [9.17, 15) is 5.26 Å². The van der Waals surface area contributed by atoms with Gasteiger partial charge in [-0.25, -0.2) is 15.0 Å². The largest absolute Gasteiger partial charge is 0.456 e. The molecule has 0 saturated carbocycles. The summed E-state index contributed by atoms with van der Waals surface area (Å²) in [6.07, 6.45) is 0. The topological polar surface area (TPSA) is 85.5 Å². The molecule has 0 N–H and O–H groups in total. The third-order valence-corrected chi connectivity index (χ3v) is 14.2. The lowest BCUT2D eigenvalue weighted by Gasteiger charge is -2.13. The lowest BCUT2D eigenvalue weighted by molar-refractivity contribution is 0.669. The number of rotatable bonds is 5. The molecule has 0 aliphatic heterocycles. The molecule has 0 spiro atoms. The van der Waals surface area contributed by atoms with E-state index in [-0.39, 0.29) is 0 Å². The number of benzene rings is 9. The fourth-order valence-electron chi connectivity index (χ4n) is 10.1. The molecule has 0 unspecified atom stereocenters. The molecular formula is C58H32N6OS. The Labute approximate surface area is 380 Å². The molecule has 14 aromatic rings. The van der Waals surface area contributed by atoms with Crippen molar-refractivity contribution in [3.05, 3.63) is 200 Å². The van der Waals surface area contributed by atoms with Crippen LogP contribution in [0.1, 0.15) is 5.56 Å². The monoisotopic (exact) mass is 860 g/mol. The van der Waals surface area contributed by atoms with E-state index in [1.54, 1.807) is 11.3 Å². The van der Waals surface area contributed by atoms with Crippen molar-refractivity contribution in [2.75, 3.05) is 0 Å². The molecule has 5 aromatic heterocycles. The molecule has 8 heteroatoms.